The van der Waals surface area contributed by atoms with Crippen molar-refractivity contribution < 1.29 is 9.47 Å². The predicted octanol–water partition coefficient (Wildman–Crippen LogP) is 3.90. The van der Waals surface area contributed by atoms with E-state index in [1.165, 1.54) is 57.2 Å². The fraction of sp³-hybridized carbons (Fsp3) is 0.714. The van der Waals surface area contributed by atoms with Gasteiger partial charge in [0.15, 0.2) is 0 Å². The Kier molecular flexibility index (Phi) is 6.74. The van der Waals surface area contributed by atoms with E-state index in [2.05, 4.69) is 35.3 Å². The summed E-state index contributed by atoms with van der Waals surface area (Å²) in [5, 5.41) is 3.84. The quantitative estimate of drug-likeness (QED) is 0.812. The molecule has 2 aliphatic rings. The van der Waals surface area contributed by atoms with E-state index in [0.717, 1.165) is 17.4 Å². The van der Waals surface area contributed by atoms with Crippen LogP contribution >= 0.6 is 0 Å². The molecule has 4 heteroatoms. The highest BCUT2D eigenvalue weighted by Crippen LogP contribution is 2.28. The Morgan fingerprint density at radius 1 is 1.12 bits per heavy atom. The van der Waals surface area contributed by atoms with Crippen LogP contribution in [0.3, 0.4) is 0 Å². The summed E-state index contributed by atoms with van der Waals surface area (Å²) in [6.45, 7) is 5.37. The highest BCUT2D eigenvalue weighted by molar-refractivity contribution is 5.38. The second-order valence-electron chi connectivity index (χ2n) is 7.64. The van der Waals surface area contributed by atoms with Crippen LogP contribution in [0.1, 0.15) is 62.6 Å². The summed E-state index contributed by atoms with van der Waals surface area (Å²) in [6, 6.07) is 8.29. The van der Waals surface area contributed by atoms with Gasteiger partial charge in [0.25, 0.3) is 0 Å². The molecule has 1 heterocycles. The molecule has 1 aliphatic heterocycles. The fourth-order valence-electron chi connectivity index (χ4n) is 4.49. The molecule has 1 N–H and O–H groups in total. The topological polar surface area (TPSA) is 33.7 Å². The van der Waals surface area contributed by atoms with Gasteiger partial charge in [-0.1, -0.05) is 18.9 Å². The van der Waals surface area contributed by atoms with E-state index in [9.17, 15) is 0 Å². The number of piperidine rings is 1. The summed E-state index contributed by atoms with van der Waals surface area (Å²) in [5.41, 5.74) is 2.43. The minimum absolute atomic E-state index is 0.351. The highest BCUT2D eigenvalue weighted by Gasteiger charge is 2.27. The van der Waals surface area contributed by atoms with E-state index in [1.54, 1.807) is 14.2 Å². The van der Waals surface area contributed by atoms with Crippen LogP contribution in [0.15, 0.2) is 18.2 Å². The molecular formula is C21H34N2O2. The Bertz CT molecular complexity index is 535. The van der Waals surface area contributed by atoms with Crippen LogP contribution in [0.2, 0.25) is 0 Å². The van der Waals surface area contributed by atoms with Gasteiger partial charge in [0.2, 0.25) is 0 Å². The van der Waals surface area contributed by atoms with Crippen LogP contribution in [-0.4, -0.2) is 44.3 Å². The molecule has 0 bridgehead atoms. The van der Waals surface area contributed by atoms with Gasteiger partial charge in [-0.25, -0.2) is 0 Å². The van der Waals surface area contributed by atoms with Gasteiger partial charge in [0.1, 0.15) is 5.75 Å². The van der Waals surface area contributed by atoms with E-state index in [-0.39, 0.29) is 0 Å². The molecule has 3 rings (SSSR count). The van der Waals surface area contributed by atoms with E-state index in [4.69, 9.17) is 9.47 Å². The van der Waals surface area contributed by atoms with E-state index < -0.39 is 0 Å². The first-order chi connectivity index (χ1) is 12.2. The molecule has 1 aromatic carbocycles. The van der Waals surface area contributed by atoms with Crippen molar-refractivity contribution in [2.45, 2.75) is 70.2 Å². The van der Waals surface area contributed by atoms with Gasteiger partial charge in [-0.15, -0.1) is 0 Å². The summed E-state index contributed by atoms with van der Waals surface area (Å²) >= 11 is 0. The molecule has 25 heavy (non-hydrogen) atoms. The number of ether oxygens (including phenoxy) is 2. The summed E-state index contributed by atoms with van der Waals surface area (Å²) in [6.07, 6.45) is 8.23. The van der Waals surface area contributed by atoms with Gasteiger partial charge < -0.3 is 19.7 Å². The molecule has 1 saturated carbocycles. The zero-order valence-electron chi connectivity index (χ0n) is 16.1. The first-order valence-electron chi connectivity index (χ1n) is 9.87. The molecule has 4 nitrogen and oxygen atoms in total. The number of benzene rings is 1. The van der Waals surface area contributed by atoms with Crippen molar-refractivity contribution in [3.8, 4) is 5.75 Å². The van der Waals surface area contributed by atoms with Crippen molar-refractivity contribution in [3.63, 3.8) is 0 Å². The summed E-state index contributed by atoms with van der Waals surface area (Å²) in [7, 11) is 3.44. The Hall–Kier alpha value is -1.10. The van der Waals surface area contributed by atoms with Gasteiger partial charge in [0.05, 0.1) is 13.7 Å². The number of likely N-dealkylation sites (tertiary alicyclic amines) is 1. The third kappa shape index (κ3) is 4.75. The van der Waals surface area contributed by atoms with E-state index >= 15 is 0 Å². The average Bonchev–Trinajstić information content (AvgIpc) is 3.17. The number of hydrogen-bond acceptors (Lipinski definition) is 4. The number of rotatable bonds is 7. The molecular weight excluding hydrogens is 312 g/mol. The molecule has 1 aliphatic carbocycles. The number of nitrogens with zero attached hydrogens (tertiary/aromatic N) is 1. The van der Waals surface area contributed by atoms with Crippen LogP contribution in [0.25, 0.3) is 0 Å². The number of nitrogens with one attached hydrogen (secondary N) is 1. The molecule has 1 saturated heterocycles. The minimum atomic E-state index is 0.351. The third-order valence-electron chi connectivity index (χ3n) is 5.96. The molecule has 1 atom stereocenters. The van der Waals surface area contributed by atoms with E-state index in [0.29, 0.717) is 18.7 Å². The summed E-state index contributed by atoms with van der Waals surface area (Å²) in [4.78, 5) is 2.74. The van der Waals surface area contributed by atoms with Gasteiger partial charge in [0, 0.05) is 30.8 Å². The van der Waals surface area contributed by atoms with Crippen molar-refractivity contribution in [2.75, 3.05) is 27.3 Å². The lowest BCUT2D eigenvalue weighted by Crippen LogP contribution is -2.46. The zero-order valence-corrected chi connectivity index (χ0v) is 16.1. The molecule has 0 amide bonds. The van der Waals surface area contributed by atoms with Gasteiger partial charge >= 0.3 is 0 Å². The van der Waals surface area contributed by atoms with Crippen molar-refractivity contribution in [1.82, 2.24) is 10.2 Å². The lowest BCUT2D eigenvalue weighted by atomic mass is 9.99. The standard InChI is InChI=1S/C21H34N2O2/c1-16(17-8-9-21(25-3)18(14-17)15-24-2)22-19-10-12-23(13-11-19)20-6-4-5-7-20/h8-9,14,16,19-20,22H,4-7,10-13,15H2,1-3H3/t16-/m0/s1. The Morgan fingerprint density at radius 2 is 1.84 bits per heavy atom. The predicted molar refractivity (Wildman–Crippen MR) is 102 cm³/mol. The van der Waals surface area contributed by atoms with E-state index in [1.807, 2.05) is 0 Å². The summed E-state index contributed by atoms with van der Waals surface area (Å²) in [5.74, 6) is 0.905. The molecule has 0 spiro atoms. The van der Waals surface area contributed by atoms with Gasteiger partial charge in [-0.3, -0.25) is 0 Å². The van der Waals surface area contributed by atoms with Crippen LogP contribution < -0.4 is 10.1 Å². The maximum atomic E-state index is 5.44. The van der Waals surface area contributed by atoms with Crippen LogP contribution in [0.5, 0.6) is 5.75 Å². The largest absolute Gasteiger partial charge is 0.496 e. The minimum Gasteiger partial charge on any atom is -0.496 e. The smallest absolute Gasteiger partial charge is 0.124 e. The fourth-order valence-corrected chi connectivity index (χ4v) is 4.49. The molecule has 0 unspecified atom stereocenters. The monoisotopic (exact) mass is 346 g/mol. The first-order valence-corrected chi connectivity index (χ1v) is 9.87. The van der Waals surface area contributed by atoms with Crippen molar-refractivity contribution in [1.29, 1.82) is 0 Å². The second-order valence-corrected chi connectivity index (χ2v) is 7.64. The maximum Gasteiger partial charge on any atom is 0.124 e. The normalized spacial score (nSPS) is 21.6. The van der Waals surface area contributed by atoms with Gasteiger partial charge in [-0.2, -0.15) is 0 Å². The van der Waals surface area contributed by atoms with Crippen molar-refractivity contribution in [2.24, 2.45) is 0 Å². The van der Waals surface area contributed by atoms with Crippen LogP contribution in [-0.2, 0) is 11.3 Å². The maximum absolute atomic E-state index is 5.44. The highest BCUT2D eigenvalue weighted by atomic mass is 16.5. The zero-order chi connectivity index (χ0) is 17.6. The number of methoxy groups -OCH3 is 2. The van der Waals surface area contributed by atoms with Gasteiger partial charge in [-0.05, 0) is 63.4 Å². The molecule has 1 aromatic rings. The van der Waals surface area contributed by atoms with Crippen molar-refractivity contribution in [3.05, 3.63) is 29.3 Å². The Labute approximate surface area is 152 Å². The Balaban J connectivity index is 1.53. The van der Waals surface area contributed by atoms with Crippen LogP contribution in [0, 0.1) is 0 Å². The lowest BCUT2D eigenvalue weighted by Gasteiger charge is -2.37. The molecule has 140 valence electrons. The summed E-state index contributed by atoms with van der Waals surface area (Å²) < 4.78 is 10.7. The van der Waals surface area contributed by atoms with Crippen molar-refractivity contribution >= 4 is 0 Å². The Morgan fingerprint density at radius 3 is 2.48 bits per heavy atom. The second kappa shape index (κ2) is 9.02. The first kappa shape index (κ1) is 18.7. The SMILES string of the molecule is COCc1cc([C@H](C)NC2CCN(C3CCCC3)CC2)ccc1OC. The number of hydrogen-bond donors (Lipinski definition) is 1. The third-order valence-corrected chi connectivity index (χ3v) is 5.96. The molecule has 2 fully saturated rings. The molecule has 0 aromatic heterocycles. The van der Waals surface area contributed by atoms with Crippen LogP contribution in [0.4, 0.5) is 0 Å². The average molecular weight is 347 g/mol. The molecule has 0 radical (unpaired) electrons. The lowest BCUT2D eigenvalue weighted by molar-refractivity contribution is 0.141.